The molecule has 0 bridgehead atoms. The van der Waals surface area contributed by atoms with Gasteiger partial charge in [0.15, 0.2) is 4.90 Å². The van der Waals surface area contributed by atoms with E-state index in [1.807, 2.05) is 0 Å². The van der Waals surface area contributed by atoms with Crippen LogP contribution in [0.5, 0.6) is 5.88 Å². The van der Waals surface area contributed by atoms with E-state index in [1.54, 1.807) is 9.97 Å². The van der Waals surface area contributed by atoms with Crippen LogP contribution in [0.4, 0.5) is 0 Å². The quantitative estimate of drug-likeness (QED) is 0.557. The summed E-state index contributed by atoms with van der Waals surface area (Å²) in [6.45, 7) is 0. The van der Waals surface area contributed by atoms with Crippen LogP contribution in [-0.2, 0) is 9.84 Å². The standard InChI is InChI=1S/C5H5ClN2O5S/c6-1-14(12,13)2-3(9)7-5(11)8-4(2)10/h1H2,(H3,7,8,9,10,11). The van der Waals surface area contributed by atoms with Gasteiger partial charge in [0.25, 0.3) is 5.56 Å². The SMILES string of the molecule is O=c1[nH]c(O)c(S(=O)(=O)CCl)c(=O)[nH]1. The van der Waals surface area contributed by atoms with E-state index in [-0.39, 0.29) is 0 Å². The fourth-order valence-corrected chi connectivity index (χ4v) is 1.92. The molecule has 1 aromatic heterocycles. The maximum Gasteiger partial charge on any atom is 0.328 e. The fraction of sp³-hybridized carbons (Fsp3) is 0.200. The maximum atomic E-state index is 11.1. The molecule has 1 rings (SSSR count). The van der Waals surface area contributed by atoms with E-state index >= 15 is 0 Å². The number of aromatic amines is 2. The van der Waals surface area contributed by atoms with Crippen LogP contribution < -0.4 is 11.2 Å². The van der Waals surface area contributed by atoms with Crippen molar-refractivity contribution in [2.24, 2.45) is 0 Å². The van der Waals surface area contributed by atoms with Crippen molar-refractivity contribution in [3.8, 4) is 5.88 Å². The average molecular weight is 241 g/mol. The van der Waals surface area contributed by atoms with E-state index < -0.39 is 37.1 Å². The van der Waals surface area contributed by atoms with Crippen LogP contribution in [0.3, 0.4) is 0 Å². The molecule has 0 fully saturated rings. The molecular weight excluding hydrogens is 236 g/mol. The molecule has 0 aliphatic rings. The van der Waals surface area contributed by atoms with Crippen molar-refractivity contribution < 1.29 is 13.5 Å². The van der Waals surface area contributed by atoms with Gasteiger partial charge in [0.05, 0.1) is 0 Å². The Morgan fingerprint density at radius 2 is 1.86 bits per heavy atom. The zero-order chi connectivity index (χ0) is 10.9. The summed E-state index contributed by atoms with van der Waals surface area (Å²) in [5.74, 6) is -1.01. The number of alkyl halides is 1. The third-order valence-corrected chi connectivity index (χ3v) is 3.48. The average Bonchev–Trinajstić information content (AvgIpc) is 2.01. The van der Waals surface area contributed by atoms with E-state index in [9.17, 15) is 18.0 Å². The van der Waals surface area contributed by atoms with Crippen molar-refractivity contribution in [3.05, 3.63) is 20.8 Å². The minimum absolute atomic E-state index is 0.865. The Balaban J connectivity index is 3.68. The van der Waals surface area contributed by atoms with Crippen molar-refractivity contribution in [3.63, 3.8) is 0 Å². The van der Waals surface area contributed by atoms with E-state index in [2.05, 4.69) is 0 Å². The van der Waals surface area contributed by atoms with Gasteiger partial charge in [-0.15, -0.1) is 11.6 Å². The van der Waals surface area contributed by atoms with Crippen LogP contribution in [0.15, 0.2) is 14.5 Å². The third-order valence-electron chi connectivity index (χ3n) is 1.33. The minimum Gasteiger partial charge on any atom is -0.493 e. The second kappa shape index (κ2) is 3.46. The molecule has 0 aromatic carbocycles. The number of hydrogen-bond donors (Lipinski definition) is 3. The minimum atomic E-state index is -4.07. The lowest BCUT2D eigenvalue weighted by atomic mass is 10.6. The smallest absolute Gasteiger partial charge is 0.328 e. The number of sulfone groups is 1. The molecule has 0 radical (unpaired) electrons. The van der Waals surface area contributed by atoms with Gasteiger partial charge in [0, 0.05) is 0 Å². The molecule has 1 heterocycles. The highest BCUT2D eigenvalue weighted by Crippen LogP contribution is 2.14. The van der Waals surface area contributed by atoms with E-state index in [1.165, 1.54) is 0 Å². The summed E-state index contributed by atoms with van der Waals surface area (Å²) in [7, 11) is -4.07. The summed E-state index contributed by atoms with van der Waals surface area (Å²) in [5, 5.41) is 8.16. The highest BCUT2D eigenvalue weighted by molar-refractivity contribution is 7.92. The lowest BCUT2D eigenvalue weighted by molar-refractivity contribution is 0.429. The fourth-order valence-electron chi connectivity index (χ4n) is 0.806. The first-order chi connectivity index (χ1) is 6.38. The monoisotopic (exact) mass is 240 g/mol. The second-order valence-corrected chi connectivity index (χ2v) is 4.82. The molecule has 14 heavy (non-hydrogen) atoms. The zero-order valence-corrected chi connectivity index (χ0v) is 8.15. The molecule has 3 N–H and O–H groups in total. The number of hydrogen-bond acceptors (Lipinski definition) is 5. The molecule has 0 amide bonds. The van der Waals surface area contributed by atoms with E-state index in [4.69, 9.17) is 16.7 Å². The van der Waals surface area contributed by atoms with Gasteiger partial charge in [-0.3, -0.25) is 14.8 Å². The van der Waals surface area contributed by atoms with E-state index in [0.29, 0.717) is 0 Å². The number of H-pyrrole nitrogens is 2. The van der Waals surface area contributed by atoms with Crippen LogP contribution in [0.25, 0.3) is 0 Å². The highest BCUT2D eigenvalue weighted by Gasteiger charge is 2.23. The summed E-state index contributed by atoms with van der Waals surface area (Å²) in [5.41, 5.74) is -2.20. The highest BCUT2D eigenvalue weighted by atomic mass is 35.5. The molecule has 78 valence electrons. The van der Waals surface area contributed by atoms with Crippen molar-refractivity contribution in [1.29, 1.82) is 0 Å². The molecule has 1 aromatic rings. The number of halogens is 1. The van der Waals surface area contributed by atoms with Crippen molar-refractivity contribution in [1.82, 2.24) is 9.97 Å². The van der Waals surface area contributed by atoms with Crippen LogP contribution in [-0.4, -0.2) is 28.7 Å². The molecule has 7 nitrogen and oxygen atoms in total. The summed E-state index contributed by atoms with van der Waals surface area (Å²) < 4.78 is 22.2. The normalized spacial score (nSPS) is 11.5. The number of aromatic hydroxyl groups is 1. The molecule has 0 atom stereocenters. The Morgan fingerprint density at radius 1 is 1.29 bits per heavy atom. The summed E-state index contributed by atoms with van der Waals surface area (Å²) >= 11 is 5.07. The van der Waals surface area contributed by atoms with Crippen molar-refractivity contribution >= 4 is 21.4 Å². The zero-order valence-electron chi connectivity index (χ0n) is 6.57. The third kappa shape index (κ3) is 1.80. The Morgan fingerprint density at radius 3 is 2.29 bits per heavy atom. The van der Waals surface area contributed by atoms with Crippen LogP contribution in [0.1, 0.15) is 0 Å². The molecule has 0 unspecified atom stereocenters. The molecular formula is C5H5ClN2O5S. The van der Waals surface area contributed by atoms with Gasteiger partial charge in [0.2, 0.25) is 15.7 Å². The first-order valence-electron chi connectivity index (χ1n) is 3.23. The van der Waals surface area contributed by atoms with Gasteiger partial charge in [0.1, 0.15) is 5.21 Å². The van der Waals surface area contributed by atoms with Crippen molar-refractivity contribution in [2.45, 2.75) is 4.90 Å². The van der Waals surface area contributed by atoms with E-state index in [0.717, 1.165) is 0 Å². The number of rotatable bonds is 2. The predicted molar refractivity (Wildman–Crippen MR) is 47.3 cm³/mol. The van der Waals surface area contributed by atoms with Gasteiger partial charge in [-0.25, -0.2) is 13.2 Å². The second-order valence-electron chi connectivity index (χ2n) is 2.31. The molecule has 9 heteroatoms. The Kier molecular flexibility index (Phi) is 2.67. The Hall–Kier alpha value is -1.28. The largest absolute Gasteiger partial charge is 0.493 e. The molecule has 0 spiro atoms. The van der Waals surface area contributed by atoms with Gasteiger partial charge < -0.3 is 5.11 Å². The number of aromatic nitrogens is 2. The lowest BCUT2D eigenvalue weighted by Gasteiger charge is -2.00. The Bertz CT molecular complexity index is 556. The first-order valence-corrected chi connectivity index (χ1v) is 5.41. The summed E-state index contributed by atoms with van der Waals surface area (Å²) in [4.78, 5) is 24.0. The lowest BCUT2D eigenvalue weighted by Crippen LogP contribution is -2.27. The van der Waals surface area contributed by atoms with Crippen LogP contribution >= 0.6 is 11.6 Å². The molecule has 0 aliphatic heterocycles. The number of nitrogens with one attached hydrogen (secondary N) is 2. The van der Waals surface area contributed by atoms with Gasteiger partial charge >= 0.3 is 5.69 Å². The maximum absolute atomic E-state index is 11.1. The molecule has 0 saturated heterocycles. The van der Waals surface area contributed by atoms with Crippen molar-refractivity contribution in [2.75, 3.05) is 5.21 Å². The topological polar surface area (TPSA) is 120 Å². The van der Waals surface area contributed by atoms with Gasteiger partial charge in [-0.1, -0.05) is 0 Å². The van der Waals surface area contributed by atoms with Crippen LogP contribution in [0.2, 0.25) is 0 Å². The first kappa shape index (κ1) is 10.8. The molecule has 0 saturated carbocycles. The van der Waals surface area contributed by atoms with Gasteiger partial charge in [-0.2, -0.15) is 0 Å². The summed E-state index contributed by atoms with van der Waals surface area (Å²) in [6, 6.07) is 0. The van der Waals surface area contributed by atoms with Gasteiger partial charge in [-0.05, 0) is 0 Å². The van der Waals surface area contributed by atoms with Crippen LogP contribution in [0, 0.1) is 0 Å². The summed E-state index contributed by atoms with van der Waals surface area (Å²) in [6.07, 6.45) is 0. The predicted octanol–water partition coefficient (Wildman–Crippen LogP) is -1.26. The Labute approximate surface area is 82.3 Å². The molecule has 0 aliphatic carbocycles.